The summed E-state index contributed by atoms with van der Waals surface area (Å²) in [5.74, 6) is -0.915. The second-order valence-electron chi connectivity index (χ2n) is 5.38. The molecule has 7 heteroatoms. The van der Waals surface area contributed by atoms with Crippen molar-refractivity contribution in [3.05, 3.63) is 42.5 Å². The molecule has 0 aliphatic carbocycles. The molecule has 0 fully saturated rings. The number of carbonyl (C=O) groups is 3. The molecule has 2 N–H and O–H groups in total. The van der Waals surface area contributed by atoms with E-state index < -0.39 is 23.8 Å². The first kappa shape index (κ1) is 18.3. The average Bonchev–Trinajstić information content (AvgIpc) is 2.63. The van der Waals surface area contributed by atoms with Crippen molar-refractivity contribution in [3.8, 4) is 5.75 Å². The van der Waals surface area contributed by atoms with Gasteiger partial charge in [-0.1, -0.05) is 30.3 Å². The molecule has 0 spiro atoms. The van der Waals surface area contributed by atoms with E-state index in [1.807, 2.05) is 36.4 Å². The highest BCUT2D eigenvalue weighted by Gasteiger charge is 2.16. The molecule has 0 saturated carbocycles. The van der Waals surface area contributed by atoms with Gasteiger partial charge in [0.2, 0.25) is 5.91 Å². The predicted octanol–water partition coefficient (Wildman–Crippen LogP) is 1.01. The molecule has 0 unspecified atom stereocenters. The number of ether oxygens (including phenoxy) is 2. The summed E-state index contributed by atoms with van der Waals surface area (Å²) in [7, 11) is 1.23. The second kappa shape index (κ2) is 8.68. The zero-order chi connectivity index (χ0) is 18.2. The van der Waals surface area contributed by atoms with Crippen molar-refractivity contribution >= 4 is 28.6 Å². The number of rotatable bonds is 7. The molecule has 2 aromatic rings. The van der Waals surface area contributed by atoms with Crippen LogP contribution < -0.4 is 15.4 Å². The Morgan fingerprint density at radius 2 is 1.80 bits per heavy atom. The lowest BCUT2D eigenvalue weighted by Crippen LogP contribution is -2.47. The maximum absolute atomic E-state index is 11.9. The van der Waals surface area contributed by atoms with E-state index in [4.69, 9.17) is 4.74 Å². The summed E-state index contributed by atoms with van der Waals surface area (Å²) >= 11 is 0. The van der Waals surface area contributed by atoms with Crippen molar-refractivity contribution in [3.63, 3.8) is 0 Å². The van der Waals surface area contributed by atoms with E-state index in [1.54, 1.807) is 6.07 Å². The third-order valence-corrected chi connectivity index (χ3v) is 3.50. The van der Waals surface area contributed by atoms with Gasteiger partial charge < -0.3 is 20.1 Å². The van der Waals surface area contributed by atoms with Crippen LogP contribution in [0.25, 0.3) is 10.8 Å². The zero-order valence-electron chi connectivity index (χ0n) is 14.1. The molecule has 2 amide bonds. The lowest BCUT2D eigenvalue weighted by atomic mass is 10.1. The molecule has 0 aliphatic heterocycles. The number of benzene rings is 2. The minimum absolute atomic E-state index is 0.215. The molecule has 0 heterocycles. The first-order chi connectivity index (χ1) is 12.0. The van der Waals surface area contributed by atoms with Crippen LogP contribution in [0.4, 0.5) is 0 Å². The summed E-state index contributed by atoms with van der Waals surface area (Å²) in [5, 5.41) is 6.95. The Morgan fingerprint density at radius 3 is 2.52 bits per heavy atom. The Morgan fingerprint density at radius 1 is 1.08 bits per heavy atom. The summed E-state index contributed by atoms with van der Waals surface area (Å²) in [6.45, 7) is 1.05. The quantitative estimate of drug-likeness (QED) is 0.731. The monoisotopic (exact) mass is 344 g/mol. The fourth-order valence-corrected chi connectivity index (χ4v) is 2.14. The number of methoxy groups -OCH3 is 1. The zero-order valence-corrected chi connectivity index (χ0v) is 14.1. The van der Waals surface area contributed by atoms with Crippen LogP contribution in [0.3, 0.4) is 0 Å². The smallest absolute Gasteiger partial charge is 0.325 e. The van der Waals surface area contributed by atoms with E-state index in [0.29, 0.717) is 5.75 Å². The van der Waals surface area contributed by atoms with E-state index >= 15 is 0 Å². The van der Waals surface area contributed by atoms with Crippen molar-refractivity contribution in [1.29, 1.82) is 0 Å². The van der Waals surface area contributed by atoms with Crippen molar-refractivity contribution in [2.24, 2.45) is 0 Å². The van der Waals surface area contributed by atoms with Gasteiger partial charge in [0, 0.05) is 0 Å². The lowest BCUT2D eigenvalue weighted by Gasteiger charge is -2.14. The van der Waals surface area contributed by atoms with E-state index in [2.05, 4.69) is 15.4 Å². The summed E-state index contributed by atoms with van der Waals surface area (Å²) < 4.78 is 9.87. The third-order valence-electron chi connectivity index (χ3n) is 3.50. The Kier molecular flexibility index (Phi) is 6.33. The van der Waals surface area contributed by atoms with E-state index in [1.165, 1.54) is 14.0 Å². The Balaban J connectivity index is 1.80. The molecule has 25 heavy (non-hydrogen) atoms. The fraction of sp³-hybridized carbons (Fsp3) is 0.278. The number of carbonyl (C=O) groups excluding carboxylic acids is 3. The molecular weight excluding hydrogens is 324 g/mol. The lowest BCUT2D eigenvalue weighted by molar-refractivity contribution is -0.141. The molecule has 0 aliphatic rings. The summed E-state index contributed by atoms with van der Waals surface area (Å²) in [6.07, 6.45) is 0. The van der Waals surface area contributed by atoms with Gasteiger partial charge in [-0.25, -0.2) is 0 Å². The van der Waals surface area contributed by atoms with Gasteiger partial charge in [0.25, 0.3) is 5.91 Å². The first-order valence-corrected chi connectivity index (χ1v) is 7.75. The van der Waals surface area contributed by atoms with Gasteiger partial charge in [0.05, 0.1) is 7.11 Å². The van der Waals surface area contributed by atoms with Gasteiger partial charge in [0.1, 0.15) is 18.3 Å². The minimum atomic E-state index is -0.794. The molecule has 0 saturated heterocycles. The van der Waals surface area contributed by atoms with Crippen LogP contribution in [0, 0.1) is 0 Å². The van der Waals surface area contributed by atoms with E-state index in [9.17, 15) is 14.4 Å². The standard InChI is InChI=1S/C18H20N2O5/c1-12(18(23)19-10-17(22)24-2)20-16(21)11-25-15-8-7-13-5-3-4-6-14(13)9-15/h3-9,12H,10-11H2,1-2H3,(H,19,23)(H,20,21)/t12-/m0/s1. The van der Waals surface area contributed by atoms with Gasteiger partial charge in [0.15, 0.2) is 6.61 Å². The molecule has 7 nitrogen and oxygen atoms in total. The van der Waals surface area contributed by atoms with Gasteiger partial charge in [-0.15, -0.1) is 0 Å². The molecule has 2 aromatic carbocycles. The number of nitrogens with one attached hydrogen (secondary N) is 2. The predicted molar refractivity (Wildman–Crippen MR) is 92.1 cm³/mol. The highest BCUT2D eigenvalue weighted by atomic mass is 16.5. The van der Waals surface area contributed by atoms with Crippen LogP contribution in [0.5, 0.6) is 5.75 Å². The molecule has 1 atom stereocenters. The summed E-state index contributed by atoms with van der Waals surface area (Å²) in [4.78, 5) is 34.6. The second-order valence-corrected chi connectivity index (χ2v) is 5.38. The van der Waals surface area contributed by atoms with Gasteiger partial charge in [-0.2, -0.15) is 0 Å². The van der Waals surface area contributed by atoms with Crippen molar-refractivity contribution in [2.45, 2.75) is 13.0 Å². The SMILES string of the molecule is COC(=O)CNC(=O)[C@H](C)NC(=O)COc1ccc2ccccc2c1. The van der Waals surface area contributed by atoms with Crippen LogP contribution in [-0.4, -0.2) is 44.1 Å². The number of amides is 2. The van der Waals surface area contributed by atoms with Crippen molar-refractivity contribution < 1.29 is 23.9 Å². The molecular formula is C18H20N2O5. The van der Waals surface area contributed by atoms with Crippen molar-refractivity contribution in [2.75, 3.05) is 20.3 Å². The van der Waals surface area contributed by atoms with Gasteiger partial charge in [-0.3, -0.25) is 14.4 Å². The normalized spacial score (nSPS) is 11.4. The number of fused-ring (bicyclic) bond motifs is 1. The highest BCUT2D eigenvalue weighted by molar-refractivity contribution is 5.89. The largest absolute Gasteiger partial charge is 0.484 e. The summed E-state index contributed by atoms with van der Waals surface area (Å²) in [6, 6.07) is 12.5. The number of esters is 1. The Labute approximate surface area is 145 Å². The molecule has 0 aromatic heterocycles. The number of hydrogen-bond donors (Lipinski definition) is 2. The van der Waals surface area contributed by atoms with Crippen LogP contribution >= 0.6 is 0 Å². The third kappa shape index (κ3) is 5.49. The van der Waals surface area contributed by atoms with Crippen LogP contribution in [0.2, 0.25) is 0 Å². The van der Waals surface area contributed by atoms with Gasteiger partial charge >= 0.3 is 5.97 Å². The molecule has 0 radical (unpaired) electrons. The average molecular weight is 344 g/mol. The van der Waals surface area contributed by atoms with Crippen LogP contribution in [-0.2, 0) is 19.1 Å². The maximum Gasteiger partial charge on any atom is 0.325 e. The summed E-state index contributed by atoms with van der Waals surface area (Å²) in [5.41, 5.74) is 0. The van der Waals surface area contributed by atoms with Crippen molar-refractivity contribution in [1.82, 2.24) is 10.6 Å². The highest BCUT2D eigenvalue weighted by Crippen LogP contribution is 2.20. The number of hydrogen-bond acceptors (Lipinski definition) is 5. The van der Waals surface area contributed by atoms with Gasteiger partial charge in [-0.05, 0) is 29.8 Å². The molecule has 0 bridgehead atoms. The first-order valence-electron chi connectivity index (χ1n) is 7.75. The van der Waals surface area contributed by atoms with Crippen LogP contribution in [0.15, 0.2) is 42.5 Å². The topological polar surface area (TPSA) is 93.7 Å². The maximum atomic E-state index is 11.9. The van der Waals surface area contributed by atoms with E-state index in [0.717, 1.165) is 10.8 Å². The molecule has 132 valence electrons. The Bertz CT molecular complexity index is 775. The van der Waals surface area contributed by atoms with Crippen LogP contribution in [0.1, 0.15) is 6.92 Å². The fourth-order valence-electron chi connectivity index (χ4n) is 2.14. The van der Waals surface area contributed by atoms with E-state index in [-0.39, 0.29) is 13.2 Å². The minimum Gasteiger partial charge on any atom is -0.484 e. The Hall–Kier alpha value is -3.09. The molecule has 2 rings (SSSR count).